The maximum absolute atomic E-state index is 13.0. The lowest BCUT2D eigenvalue weighted by atomic mass is 9.78. The van der Waals surface area contributed by atoms with Crippen LogP contribution in [0.3, 0.4) is 0 Å². The van der Waals surface area contributed by atoms with Crippen LogP contribution in [-0.4, -0.2) is 81.6 Å². The molecule has 0 bridgehead atoms. The maximum Gasteiger partial charge on any atom is 0.490 e. The van der Waals surface area contributed by atoms with Gasteiger partial charge >= 0.3 is 12.1 Å². The first-order valence-corrected chi connectivity index (χ1v) is 10.6. The van der Waals surface area contributed by atoms with Crippen LogP contribution in [0.2, 0.25) is 0 Å². The Morgan fingerprint density at radius 1 is 1.23 bits per heavy atom. The first kappa shape index (κ1) is 23.5. The Morgan fingerprint density at radius 2 is 1.90 bits per heavy atom. The molecule has 0 saturated carbocycles. The number of carbonyl (C=O) groups excluding carboxylic acids is 1. The third-order valence-corrected chi connectivity index (χ3v) is 6.10. The van der Waals surface area contributed by atoms with E-state index in [1.807, 2.05) is 17.9 Å². The highest BCUT2D eigenvalue weighted by Gasteiger charge is 2.43. The lowest BCUT2D eigenvalue weighted by Gasteiger charge is -2.45. The third-order valence-electron chi connectivity index (χ3n) is 6.10. The Balaban J connectivity index is 0.000000339. The molecule has 11 heteroatoms. The Labute approximate surface area is 178 Å². The number of aryl methyl sites for hydroxylation is 1. The monoisotopic (exact) mass is 446 g/mol. The van der Waals surface area contributed by atoms with E-state index >= 15 is 0 Å². The number of ether oxygens (including phenoxy) is 1. The van der Waals surface area contributed by atoms with Crippen molar-refractivity contribution in [2.45, 2.75) is 44.5 Å². The molecule has 1 amide bonds. The summed E-state index contributed by atoms with van der Waals surface area (Å²) in [5.41, 5.74) is 1.25. The zero-order chi connectivity index (χ0) is 22.6. The number of piperidine rings is 1. The topological polar surface area (TPSA) is 87.9 Å². The number of carboxylic acids is 1. The van der Waals surface area contributed by atoms with Gasteiger partial charge in [0.2, 0.25) is 5.91 Å². The Morgan fingerprint density at radius 3 is 2.48 bits per heavy atom. The number of aromatic nitrogens is 2. The summed E-state index contributed by atoms with van der Waals surface area (Å²) in [6.45, 7) is 5.57. The van der Waals surface area contributed by atoms with Gasteiger partial charge in [-0.3, -0.25) is 14.4 Å². The van der Waals surface area contributed by atoms with Crippen molar-refractivity contribution < 1.29 is 32.6 Å². The number of carbonyl (C=O) groups is 2. The fourth-order valence-corrected chi connectivity index (χ4v) is 4.62. The van der Waals surface area contributed by atoms with Gasteiger partial charge in [0.25, 0.3) is 0 Å². The molecule has 1 N–H and O–H groups in total. The molecule has 174 valence electrons. The number of nitrogens with zero attached hydrogens (tertiary/aromatic N) is 4. The number of carboxylic acid groups (broad SMARTS) is 1. The van der Waals surface area contributed by atoms with Crippen LogP contribution in [0.25, 0.3) is 0 Å². The van der Waals surface area contributed by atoms with Crippen LogP contribution in [-0.2, 0) is 27.9 Å². The number of amides is 1. The van der Waals surface area contributed by atoms with Crippen LogP contribution in [0, 0.1) is 11.8 Å². The van der Waals surface area contributed by atoms with Crippen LogP contribution in [0.1, 0.15) is 31.2 Å². The van der Waals surface area contributed by atoms with Gasteiger partial charge in [-0.25, -0.2) is 4.79 Å². The second-order valence-corrected chi connectivity index (χ2v) is 8.35. The van der Waals surface area contributed by atoms with Gasteiger partial charge in [-0.05, 0) is 25.7 Å². The molecule has 1 aromatic heterocycles. The zero-order valence-corrected chi connectivity index (χ0v) is 17.6. The van der Waals surface area contributed by atoms with Crippen LogP contribution < -0.4 is 0 Å². The predicted octanol–water partition coefficient (Wildman–Crippen LogP) is 1.90. The van der Waals surface area contributed by atoms with Crippen molar-refractivity contribution in [3.63, 3.8) is 0 Å². The van der Waals surface area contributed by atoms with E-state index in [-0.39, 0.29) is 12.0 Å². The first-order valence-electron chi connectivity index (χ1n) is 10.6. The smallest absolute Gasteiger partial charge is 0.475 e. The minimum atomic E-state index is -5.08. The summed E-state index contributed by atoms with van der Waals surface area (Å²) in [4.78, 5) is 26.4. The molecule has 3 aliphatic rings. The molecule has 3 saturated heterocycles. The minimum absolute atomic E-state index is 0.151. The van der Waals surface area contributed by atoms with E-state index in [0.717, 1.165) is 65.0 Å². The molecular formula is C20H29F3N4O4. The van der Waals surface area contributed by atoms with Gasteiger partial charge in [-0.2, -0.15) is 18.3 Å². The summed E-state index contributed by atoms with van der Waals surface area (Å²) in [7, 11) is 1.95. The number of rotatable bonds is 3. The van der Waals surface area contributed by atoms with Gasteiger partial charge in [0, 0.05) is 70.0 Å². The van der Waals surface area contributed by atoms with E-state index in [1.54, 1.807) is 0 Å². The number of hydrogen-bond acceptors (Lipinski definition) is 5. The fraction of sp³-hybridized carbons (Fsp3) is 0.750. The average Bonchev–Trinajstić information content (AvgIpc) is 3.39. The lowest BCUT2D eigenvalue weighted by Crippen LogP contribution is -2.53. The van der Waals surface area contributed by atoms with E-state index in [1.165, 1.54) is 5.56 Å². The molecule has 0 aliphatic carbocycles. The molecule has 0 unspecified atom stereocenters. The molecule has 8 nitrogen and oxygen atoms in total. The van der Waals surface area contributed by atoms with Crippen LogP contribution in [0.5, 0.6) is 0 Å². The largest absolute Gasteiger partial charge is 0.490 e. The molecule has 1 aromatic rings. The van der Waals surface area contributed by atoms with Crippen molar-refractivity contribution >= 4 is 11.9 Å². The van der Waals surface area contributed by atoms with E-state index in [4.69, 9.17) is 14.6 Å². The Hall–Kier alpha value is -2.14. The van der Waals surface area contributed by atoms with Gasteiger partial charge in [0.05, 0.1) is 12.3 Å². The third kappa shape index (κ3) is 6.19. The molecule has 4 heterocycles. The van der Waals surface area contributed by atoms with Gasteiger partial charge in [-0.15, -0.1) is 0 Å². The summed E-state index contributed by atoms with van der Waals surface area (Å²) >= 11 is 0. The highest BCUT2D eigenvalue weighted by Crippen LogP contribution is 2.35. The van der Waals surface area contributed by atoms with E-state index in [2.05, 4.69) is 21.1 Å². The van der Waals surface area contributed by atoms with Crippen LogP contribution in [0.15, 0.2) is 12.4 Å². The Kier molecular flexibility index (Phi) is 7.58. The SMILES string of the molecule is Cn1cc(CN2CC[C@H]3OCC[C@@H](C(=O)N4CCCC4)[C@@H]3C2)cn1.O=C(O)C(F)(F)F. The molecule has 3 aliphatic heterocycles. The van der Waals surface area contributed by atoms with Crippen molar-refractivity contribution in [2.24, 2.45) is 18.9 Å². The van der Waals surface area contributed by atoms with Crippen molar-refractivity contribution in [2.75, 3.05) is 32.8 Å². The van der Waals surface area contributed by atoms with Crippen molar-refractivity contribution in [3.05, 3.63) is 18.0 Å². The fourth-order valence-electron chi connectivity index (χ4n) is 4.62. The number of fused-ring (bicyclic) bond motifs is 1. The highest BCUT2D eigenvalue weighted by molar-refractivity contribution is 5.79. The first-order chi connectivity index (χ1) is 14.6. The minimum Gasteiger partial charge on any atom is -0.475 e. The molecule has 0 spiro atoms. The summed E-state index contributed by atoms with van der Waals surface area (Å²) in [6, 6.07) is 0. The van der Waals surface area contributed by atoms with E-state index < -0.39 is 12.1 Å². The number of aliphatic carboxylic acids is 1. The molecule has 0 aromatic carbocycles. The number of hydrogen-bond donors (Lipinski definition) is 1. The summed E-state index contributed by atoms with van der Waals surface area (Å²) < 4.78 is 39.6. The number of halogens is 3. The van der Waals surface area contributed by atoms with Crippen molar-refractivity contribution in [1.29, 1.82) is 0 Å². The number of likely N-dealkylation sites (tertiary alicyclic amines) is 2. The molecule has 3 atom stereocenters. The van der Waals surface area contributed by atoms with Crippen molar-refractivity contribution in [3.8, 4) is 0 Å². The van der Waals surface area contributed by atoms with Gasteiger partial charge in [-0.1, -0.05) is 0 Å². The molecular weight excluding hydrogens is 417 g/mol. The number of alkyl halides is 3. The maximum atomic E-state index is 13.0. The van der Waals surface area contributed by atoms with Crippen molar-refractivity contribution in [1.82, 2.24) is 19.6 Å². The van der Waals surface area contributed by atoms with E-state index in [0.29, 0.717) is 11.8 Å². The van der Waals surface area contributed by atoms with Gasteiger partial charge in [0.1, 0.15) is 0 Å². The average molecular weight is 446 g/mol. The van der Waals surface area contributed by atoms with Crippen LogP contribution >= 0.6 is 0 Å². The molecule has 3 fully saturated rings. The Bertz CT molecular complexity index is 764. The molecule has 0 radical (unpaired) electrons. The summed E-state index contributed by atoms with van der Waals surface area (Å²) in [5.74, 6) is -1.88. The quantitative estimate of drug-likeness (QED) is 0.763. The zero-order valence-electron chi connectivity index (χ0n) is 17.6. The highest BCUT2D eigenvalue weighted by atomic mass is 19.4. The van der Waals surface area contributed by atoms with Crippen LogP contribution in [0.4, 0.5) is 13.2 Å². The second-order valence-electron chi connectivity index (χ2n) is 8.35. The second kappa shape index (κ2) is 9.99. The molecule has 4 rings (SSSR count). The lowest BCUT2D eigenvalue weighted by molar-refractivity contribution is -0.192. The predicted molar refractivity (Wildman–Crippen MR) is 104 cm³/mol. The van der Waals surface area contributed by atoms with Gasteiger partial charge in [0.15, 0.2) is 0 Å². The standard InChI is InChI=1S/C18H28N4O2.C2HF3O2/c1-20-11-14(10-19-20)12-21-8-4-17-16(13-21)15(5-9-24-17)18(23)22-6-2-3-7-22;3-2(4,5)1(6)7/h10-11,15-17H,2-9,12-13H2,1H3;(H,6,7)/t15-,16+,17-;/m1./s1. The summed E-state index contributed by atoms with van der Waals surface area (Å²) in [5, 5.41) is 11.4. The molecule has 31 heavy (non-hydrogen) atoms. The normalized spacial score (nSPS) is 26.7. The van der Waals surface area contributed by atoms with E-state index in [9.17, 15) is 18.0 Å². The summed E-state index contributed by atoms with van der Waals surface area (Å²) in [6.07, 6.45) is 3.45. The van der Waals surface area contributed by atoms with Gasteiger partial charge < -0.3 is 14.7 Å².